The van der Waals surface area contributed by atoms with E-state index in [1.165, 1.54) is 11.9 Å². The second-order valence-corrected chi connectivity index (χ2v) is 6.34. The van der Waals surface area contributed by atoms with Gasteiger partial charge in [-0.15, -0.1) is 0 Å². The van der Waals surface area contributed by atoms with Crippen LogP contribution in [0.1, 0.15) is 41.9 Å². The first-order valence-corrected chi connectivity index (χ1v) is 7.08. The van der Waals surface area contributed by atoms with Crippen LogP contribution < -0.4 is 5.32 Å². The van der Waals surface area contributed by atoms with Crippen LogP contribution in [0.15, 0.2) is 0 Å². The molecule has 0 radical (unpaired) electrons. The summed E-state index contributed by atoms with van der Waals surface area (Å²) in [5.74, 6) is -1.86. The van der Waals surface area contributed by atoms with Gasteiger partial charge in [0.05, 0.1) is 6.04 Å². The molecule has 0 aliphatic carbocycles. The number of amides is 2. The molecule has 0 spiro atoms. The number of carbonyl (C=O) groups excluding carboxylic acids is 3. The fourth-order valence-electron chi connectivity index (χ4n) is 2.13. The molecule has 0 bridgehead atoms. The third kappa shape index (κ3) is 3.66. The zero-order chi connectivity index (χ0) is 17.4. The van der Waals surface area contributed by atoms with Crippen LogP contribution in [0.4, 0.5) is 9.18 Å². The van der Waals surface area contributed by atoms with E-state index in [-0.39, 0.29) is 30.6 Å². The Bertz CT molecular complexity index is 644. The molecule has 0 atom stereocenters. The molecule has 0 saturated carbocycles. The molecule has 1 aliphatic heterocycles. The van der Waals surface area contributed by atoms with Gasteiger partial charge in [-0.25, -0.2) is 4.79 Å². The van der Waals surface area contributed by atoms with Crippen molar-refractivity contribution in [3.63, 3.8) is 0 Å². The van der Waals surface area contributed by atoms with E-state index in [1.54, 1.807) is 20.8 Å². The monoisotopic (exact) mass is 326 g/mol. The van der Waals surface area contributed by atoms with E-state index in [4.69, 9.17) is 4.74 Å². The van der Waals surface area contributed by atoms with Crippen LogP contribution in [0.5, 0.6) is 0 Å². The van der Waals surface area contributed by atoms with Crippen LogP contribution in [-0.4, -0.2) is 57.5 Å². The number of carbonyl (C=O) groups is 3. The van der Waals surface area contributed by atoms with Crippen molar-refractivity contribution in [2.45, 2.75) is 32.4 Å². The van der Waals surface area contributed by atoms with Crippen molar-refractivity contribution in [3.05, 3.63) is 17.5 Å². The Balaban J connectivity index is 1.91. The van der Waals surface area contributed by atoms with E-state index >= 15 is 0 Å². The summed E-state index contributed by atoms with van der Waals surface area (Å²) < 4.78 is 19.9. The number of aldehydes is 1. The molecular weight excluding hydrogens is 307 g/mol. The van der Waals surface area contributed by atoms with Crippen molar-refractivity contribution in [2.24, 2.45) is 7.05 Å². The summed E-state index contributed by atoms with van der Waals surface area (Å²) in [6.45, 7) is 5.85. The minimum atomic E-state index is -1.00. The lowest BCUT2D eigenvalue weighted by Crippen LogP contribution is -2.61. The number of nitrogens with one attached hydrogen (secondary N) is 1. The molecule has 23 heavy (non-hydrogen) atoms. The maximum atomic E-state index is 13.6. The number of likely N-dealkylation sites (tertiary alicyclic amines) is 1. The molecule has 1 aromatic heterocycles. The van der Waals surface area contributed by atoms with E-state index < -0.39 is 23.5 Å². The second kappa shape index (κ2) is 5.98. The minimum absolute atomic E-state index is 0.170. The molecule has 1 aromatic rings. The first-order valence-electron chi connectivity index (χ1n) is 7.08. The van der Waals surface area contributed by atoms with Crippen LogP contribution >= 0.6 is 0 Å². The molecule has 126 valence electrons. The van der Waals surface area contributed by atoms with Gasteiger partial charge in [0.1, 0.15) is 5.60 Å². The van der Waals surface area contributed by atoms with Crippen molar-refractivity contribution in [1.82, 2.24) is 19.8 Å². The summed E-state index contributed by atoms with van der Waals surface area (Å²) in [6, 6.07) is -0.302. The predicted octanol–water partition coefficient (Wildman–Crippen LogP) is 0.721. The van der Waals surface area contributed by atoms with Gasteiger partial charge in [-0.3, -0.25) is 9.59 Å². The highest BCUT2D eigenvalue weighted by molar-refractivity contribution is 5.94. The Morgan fingerprint density at radius 1 is 1.39 bits per heavy atom. The highest BCUT2D eigenvalue weighted by Gasteiger charge is 2.35. The van der Waals surface area contributed by atoms with Gasteiger partial charge in [0.25, 0.3) is 5.91 Å². The van der Waals surface area contributed by atoms with Crippen LogP contribution in [0.25, 0.3) is 0 Å². The van der Waals surface area contributed by atoms with Gasteiger partial charge in [-0.05, 0) is 20.8 Å². The van der Waals surface area contributed by atoms with Gasteiger partial charge in [-0.2, -0.15) is 9.37 Å². The minimum Gasteiger partial charge on any atom is -0.444 e. The smallest absolute Gasteiger partial charge is 0.410 e. The highest BCUT2D eigenvalue weighted by atomic mass is 19.1. The van der Waals surface area contributed by atoms with E-state index in [0.29, 0.717) is 6.29 Å². The lowest BCUT2D eigenvalue weighted by molar-refractivity contribution is 0.00525. The van der Waals surface area contributed by atoms with Gasteiger partial charge in [0, 0.05) is 20.1 Å². The maximum absolute atomic E-state index is 13.6. The number of imidazole rings is 1. The zero-order valence-corrected chi connectivity index (χ0v) is 13.4. The second-order valence-electron chi connectivity index (χ2n) is 6.34. The van der Waals surface area contributed by atoms with Gasteiger partial charge in [0.15, 0.2) is 17.8 Å². The average molecular weight is 326 g/mol. The van der Waals surface area contributed by atoms with E-state index in [2.05, 4.69) is 10.3 Å². The first-order chi connectivity index (χ1) is 10.6. The lowest BCUT2D eigenvalue weighted by atomic mass is 10.1. The normalized spacial score (nSPS) is 15.1. The summed E-state index contributed by atoms with van der Waals surface area (Å²) >= 11 is 0. The number of hydrogen-bond donors (Lipinski definition) is 1. The first kappa shape index (κ1) is 16.9. The van der Waals surface area contributed by atoms with Crippen molar-refractivity contribution in [1.29, 1.82) is 0 Å². The summed E-state index contributed by atoms with van der Waals surface area (Å²) in [6.07, 6.45) is -0.0917. The molecule has 1 aliphatic rings. The van der Waals surface area contributed by atoms with Crippen molar-refractivity contribution >= 4 is 18.3 Å². The van der Waals surface area contributed by atoms with Crippen LogP contribution in [0.2, 0.25) is 0 Å². The van der Waals surface area contributed by atoms with Gasteiger partial charge in [-0.1, -0.05) is 0 Å². The molecule has 0 aromatic carbocycles. The van der Waals surface area contributed by atoms with Crippen molar-refractivity contribution in [2.75, 3.05) is 13.1 Å². The Morgan fingerprint density at radius 3 is 2.48 bits per heavy atom. The summed E-state index contributed by atoms with van der Waals surface area (Å²) in [5, 5.41) is 2.59. The van der Waals surface area contributed by atoms with Crippen molar-refractivity contribution in [3.8, 4) is 0 Å². The van der Waals surface area contributed by atoms with Gasteiger partial charge < -0.3 is 19.5 Å². The third-order valence-corrected chi connectivity index (χ3v) is 3.28. The third-order valence-electron chi connectivity index (χ3n) is 3.28. The number of halogens is 1. The Morgan fingerprint density at radius 2 is 2.00 bits per heavy atom. The quantitative estimate of drug-likeness (QED) is 0.826. The Kier molecular flexibility index (Phi) is 4.39. The van der Waals surface area contributed by atoms with Crippen LogP contribution in [-0.2, 0) is 11.8 Å². The van der Waals surface area contributed by atoms with Crippen molar-refractivity contribution < 1.29 is 23.5 Å². The molecule has 2 rings (SSSR count). The molecule has 0 unspecified atom stereocenters. The molecule has 9 heteroatoms. The maximum Gasteiger partial charge on any atom is 0.410 e. The molecule has 8 nitrogen and oxygen atoms in total. The molecule has 2 amide bonds. The van der Waals surface area contributed by atoms with E-state index in [9.17, 15) is 18.8 Å². The Hall–Kier alpha value is -2.45. The molecular formula is C14H19FN4O4. The predicted molar refractivity (Wildman–Crippen MR) is 77.6 cm³/mol. The molecule has 1 fully saturated rings. The fourth-order valence-corrected chi connectivity index (χ4v) is 2.13. The number of hydrogen-bond acceptors (Lipinski definition) is 5. The zero-order valence-electron chi connectivity index (χ0n) is 13.4. The molecule has 2 heterocycles. The van der Waals surface area contributed by atoms with Crippen LogP contribution in [0, 0.1) is 5.95 Å². The average Bonchev–Trinajstić information content (AvgIpc) is 2.65. The topological polar surface area (TPSA) is 93.5 Å². The van der Waals surface area contributed by atoms with Gasteiger partial charge in [0.2, 0.25) is 5.95 Å². The number of ether oxygens (including phenoxy) is 1. The fraction of sp³-hybridized carbons (Fsp3) is 0.571. The number of rotatable bonds is 3. The standard InChI is InChI=1S/C14H19FN4O4/c1-14(2,3)23-13(22)19-5-8(6-19)16-12(21)10-11(15)17-9(7-20)18(10)4/h7-8H,5-6H2,1-4H3,(H,16,21). The summed E-state index contributed by atoms with van der Waals surface area (Å²) in [7, 11) is 1.38. The SMILES string of the molecule is Cn1c(C=O)nc(F)c1C(=O)NC1CN(C(=O)OC(C)(C)C)C1. The largest absolute Gasteiger partial charge is 0.444 e. The summed E-state index contributed by atoms with van der Waals surface area (Å²) in [4.78, 5) is 39.3. The lowest BCUT2D eigenvalue weighted by Gasteiger charge is -2.39. The van der Waals surface area contributed by atoms with E-state index in [1.807, 2.05) is 0 Å². The molecule has 1 saturated heterocycles. The number of aromatic nitrogens is 2. The summed E-state index contributed by atoms with van der Waals surface area (Å²) in [5.41, 5.74) is -0.906. The van der Waals surface area contributed by atoms with E-state index in [0.717, 1.165) is 4.57 Å². The highest BCUT2D eigenvalue weighted by Crippen LogP contribution is 2.16. The molecule has 1 N–H and O–H groups in total. The van der Waals surface area contributed by atoms with Gasteiger partial charge >= 0.3 is 6.09 Å². The number of nitrogens with zero attached hydrogens (tertiary/aromatic N) is 3. The Labute approximate surface area is 132 Å². The van der Waals surface area contributed by atoms with Crippen LogP contribution in [0.3, 0.4) is 0 Å².